The van der Waals surface area contributed by atoms with Gasteiger partial charge in [-0.05, 0) is 27.7 Å². The van der Waals surface area contributed by atoms with Crippen molar-refractivity contribution in [2.45, 2.75) is 45.8 Å². The minimum absolute atomic E-state index is 0.0872. The summed E-state index contributed by atoms with van der Waals surface area (Å²) in [7, 11) is 0. The number of rotatable bonds is 4. The third-order valence-corrected chi connectivity index (χ3v) is 1.56. The van der Waals surface area contributed by atoms with Crippen molar-refractivity contribution >= 4 is 11.9 Å². The average molecular weight is 213 g/mol. The van der Waals surface area contributed by atoms with E-state index in [1.165, 1.54) is 6.08 Å². The standard InChI is InChI=1S/C11H19NO3/c1-6-7-9(13)8(2)12-10(14)15-11(3,4)5/h6,8H,1,7H2,2-5H3,(H,12,14)/t8-/m0/s1. The number of amides is 1. The van der Waals surface area contributed by atoms with Crippen LogP contribution < -0.4 is 5.32 Å². The molecule has 0 saturated carbocycles. The van der Waals surface area contributed by atoms with Gasteiger partial charge >= 0.3 is 6.09 Å². The fourth-order valence-corrected chi connectivity index (χ4v) is 0.884. The second-order valence-corrected chi connectivity index (χ2v) is 4.33. The lowest BCUT2D eigenvalue weighted by molar-refractivity contribution is -0.119. The summed E-state index contributed by atoms with van der Waals surface area (Å²) in [5.41, 5.74) is -0.550. The van der Waals surface area contributed by atoms with Crippen LogP contribution in [0.5, 0.6) is 0 Å². The maximum absolute atomic E-state index is 11.3. The molecule has 0 aliphatic heterocycles. The third kappa shape index (κ3) is 6.71. The van der Waals surface area contributed by atoms with Crippen LogP contribution in [0.15, 0.2) is 12.7 Å². The van der Waals surface area contributed by atoms with E-state index in [2.05, 4.69) is 11.9 Å². The fraction of sp³-hybridized carbons (Fsp3) is 0.636. The van der Waals surface area contributed by atoms with Gasteiger partial charge in [-0.25, -0.2) is 4.79 Å². The molecule has 4 heteroatoms. The fourth-order valence-electron chi connectivity index (χ4n) is 0.884. The second-order valence-electron chi connectivity index (χ2n) is 4.33. The molecule has 86 valence electrons. The zero-order chi connectivity index (χ0) is 12.1. The molecule has 15 heavy (non-hydrogen) atoms. The van der Waals surface area contributed by atoms with Gasteiger partial charge in [0.05, 0.1) is 6.04 Å². The lowest BCUT2D eigenvalue weighted by Crippen LogP contribution is -2.41. The smallest absolute Gasteiger partial charge is 0.408 e. The summed E-state index contributed by atoms with van der Waals surface area (Å²) in [6.45, 7) is 10.4. The van der Waals surface area contributed by atoms with Crippen molar-refractivity contribution in [3.8, 4) is 0 Å². The summed E-state index contributed by atoms with van der Waals surface area (Å²) < 4.78 is 5.01. The predicted octanol–water partition coefficient (Wildman–Crippen LogP) is 2.04. The van der Waals surface area contributed by atoms with E-state index in [0.29, 0.717) is 0 Å². The van der Waals surface area contributed by atoms with Gasteiger partial charge in [0.15, 0.2) is 5.78 Å². The summed E-state index contributed by atoms with van der Waals surface area (Å²) in [6.07, 6.45) is 1.18. The van der Waals surface area contributed by atoms with Crippen molar-refractivity contribution < 1.29 is 14.3 Å². The number of hydrogen-bond donors (Lipinski definition) is 1. The quantitative estimate of drug-likeness (QED) is 0.727. The SMILES string of the molecule is C=CCC(=O)[C@H](C)NC(=O)OC(C)(C)C. The van der Waals surface area contributed by atoms with Gasteiger partial charge in [0.2, 0.25) is 0 Å². The van der Waals surface area contributed by atoms with Crippen LogP contribution in [0.25, 0.3) is 0 Å². The van der Waals surface area contributed by atoms with E-state index in [9.17, 15) is 9.59 Å². The average Bonchev–Trinajstić information content (AvgIpc) is 2.00. The number of hydrogen-bond acceptors (Lipinski definition) is 3. The highest BCUT2D eigenvalue weighted by molar-refractivity contribution is 5.87. The van der Waals surface area contributed by atoms with Crippen LogP contribution in [0.2, 0.25) is 0 Å². The molecular weight excluding hydrogens is 194 g/mol. The molecule has 0 heterocycles. The Balaban J connectivity index is 4.07. The first-order valence-corrected chi connectivity index (χ1v) is 4.89. The van der Waals surface area contributed by atoms with Crippen molar-refractivity contribution in [1.29, 1.82) is 0 Å². The van der Waals surface area contributed by atoms with Gasteiger partial charge in [0.1, 0.15) is 5.60 Å². The van der Waals surface area contributed by atoms with Crippen molar-refractivity contribution in [1.82, 2.24) is 5.32 Å². The summed E-state index contributed by atoms with van der Waals surface area (Å²) in [4.78, 5) is 22.6. The maximum Gasteiger partial charge on any atom is 0.408 e. The molecule has 0 aromatic rings. The number of alkyl carbamates (subject to hydrolysis) is 1. The van der Waals surface area contributed by atoms with E-state index in [1.807, 2.05) is 0 Å². The molecule has 0 unspecified atom stereocenters. The van der Waals surface area contributed by atoms with Gasteiger partial charge in [-0.3, -0.25) is 4.79 Å². The Hall–Kier alpha value is -1.32. The molecule has 0 spiro atoms. The summed E-state index contributed by atoms with van der Waals surface area (Å²) in [6, 6.07) is -0.544. The molecule has 0 aromatic carbocycles. The normalized spacial score (nSPS) is 12.8. The molecule has 0 fully saturated rings. The molecule has 0 rings (SSSR count). The molecule has 0 bridgehead atoms. The Bertz CT molecular complexity index is 253. The first kappa shape index (κ1) is 13.7. The minimum atomic E-state index is -0.576. The van der Waals surface area contributed by atoms with E-state index in [0.717, 1.165) is 0 Å². The Morgan fingerprint density at radius 2 is 2.00 bits per heavy atom. The monoisotopic (exact) mass is 213 g/mol. The van der Waals surface area contributed by atoms with Crippen LogP contribution in [-0.2, 0) is 9.53 Å². The second kappa shape index (κ2) is 5.53. The van der Waals surface area contributed by atoms with E-state index in [-0.39, 0.29) is 12.2 Å². The number of ketones is 1. The molecule has 1 N–H and O–H groups in total. The topological polar surface area (TPSA) is 55.4 Å². The summed E-state index contributed by atoms with van der Waals surface area (Å²) in [5, 5.41) is 2.46. The lowest BCUT2D eigenvalue weighted by atomic mass is 10.1. The molecule has 1 amide bonds. The van der Waals surface area contributed by atoms with Crippen LogP contribution in [-0.4, -0.2) is 23.5 Å². The van der Waals surface area contributed by atoms with Crippen molar-refractivity contribution in [2.24, 2.45) is 0 Å². The van der Waals surface area contributed by atoms with Gasteiger partial charge in [-0.2, -0.15) is 0 Å². The van der Waals surface area contributed by atoms with Crippen LogP contribution in [0.3, 0.4) is 0 Å². The number of carbonyl (C=O) groups excluding carboxylic acids is 2. The minimum Gasteiger partial charge on any atom is -0.444 e. The Labute approximate surface area is 90.7 Å². The number of allylic oxidation sites excluding steroid dienone is 1. The molecule has 0 aromatic heterocycles. The van der Waals surface area contributed by atoms with Gasteiger partial charge in [0, 0.05) is 6.42 Å². The lowest BCUT2D eigenvalue weighted by Gasteiger charge is -2.21. The van der Waals surface area contributed by atoms with E-state index in [1.54, 1.807) is 27.7 Å². The zero-order valence-corrected chi connectivity index (χ0v) is 9.79. The number of nitrogens with one attached hydrogen (secondary N) is 1. The van der Waals surface area contributed by atoms with E-state index >= 15 is 0 Å². The van der Waals surface area contributed by atoms with Crippen molar-refractivity contribution in [3.05, 3.63) is 12.7 Å². The Kier molecular flexibility index (Phi) is 5.05. The first-order valence-electron chi connectivity index (χ1n) is 4.89. The van der Waals surface area contributed by atoms with Gasteiger partial charge in [-0.1, -0.05) is 6.08 Å². The molecule has 4 nitrogen and oxygen atoms in total. The predicted molar refractivity (Wildman–Crippen MR) is 58.7 cm³/mol. The van der Waals surface area contributed by atoms with E-state index < -0.39 is 17.7 Å². The molecular formula is C11H19NO3. The number of carbonyl (C=O) groups is 2. The highest BCUT2D eigenvalue weighted by Crippen LogP contribution is 2.06. The highest BCUT2D eigenvalue weighted by atomic mass is 16.6. The summed E-state index contributed by atoms with van der Waals surface area (Å²) in [5.74, 6) is -0.0872. The van der Waals surface area contributed by atoms with E-state index in [4.69, 9.17) is 4.74 Å². The van der Waals surface area contributed by atoms with Crippen LogP contribution >= 0.6 is 0 Å². The van der Waals surface area contributed by atoms with Crippen molar-refractivity contribution in [3.63, 3.8) is 0 Å². The van der Waals surface area contributed by atoms with Crippen LogP contribution in [0, 0.1) is 0 Å². The molecule has 0 saturated heterocycles. The van der Waals surface area contributed by atoms with Crippen LogP contribution in [0.4, 0.5) is 4.79 Å². The zero-order valence-electron chi connectivity index (χ0n) is 9.79. The highest BCUT2D eigenvalue weighted by Gasteiger charge is 2.19. The molecule has 0 aliphatic rings. The summed E-state index contributed by atoms with van der Waals surface area (Å²) >= 11 is 0. The van der Waals surface area contributed by atoms with Crippen molar-refractivity contribution in [2.75, 3.05) is 0 Å². The number of ether oxygens (including phenoxy) is 1. The third-order valence-electron chi connectivity index (χ3n) is 1.56. The Morgan fingerprint density at radius 1 is 1.47 bits per heavy atom. The molecule has 0 aliphatic carbocycles. The van der Waals surface area contributed by atoms with Crippen LogP contribution in [0.1, 0.15) is 34.1 Å². The van der Waals surface area contributed by atoms with Gasteiger partial charge in [-0.15, -0.1) is 6.58 Å². The first-order chi connectivity index (χ1) is 6.76. The Morgan fingerprint density at radius 3 is 2.40 bits per heavy atom. The maximum atomic E-state index is 11.3. The van der Waals surface area contributed by atoms with Gasteiger partial charge in [0.25, 0.3) is 0 Å². The largest absolute Gasteiger partial charge is 0.444 e. The molecule has 0 radical (unpaired) electrons. The van der Waals surface area contributed by atoms with Gasteiger partial charge < -0.3 is 10.1 Å². The number of Topliss-reactive ketones (excluding diaryl/α,β-unsaturated/α-hetero) is 1. The molecule has 1 atom stereocenters.